The van der Waals surface area contributed by atoms with Crippen molar-refractivity contribution in [3.63, 3.8) is 0 Å². The number of halogens is 1. The van der Waals surface area contributed by atoms with Crippen LogP contribution in [0.25, 0.3) is 0 Å². The molecule has 2 aliphatic rings. The second-order valence-electron chi connectivity index (χ2n) is 8.56. The van der Waals surface area contributed by atoms with Crippen LogP contribution in [0.4, 0.5) is 10.1 Å². The number of fused-ring (bicyclic) bond motifs is 2. The number of carbonyl (C=O) groups excluding carboxylic acids is 1. The first-order valence-corrected chi connectivity index (χ1v) is 12.1. The van der Waals surface area contributed by atoms with Gasteiger partial charge in [0.05, 0.1) is 4.90 Å². The number of carbonyl (C=O) groups is 1. The van der Waals surface area contributed by atoms with Crippen LogP contribution in [0.15, 0.2) is 53.4 Å². The highest BCUT2D eigenvalue weighted by Gasteiger charge is 2.42. The Morgan fingerprint density at radius 2 is 1.81 bits per heavy atom. The monoisotopic (exact) mass is 446 g/mol. The van der Waals surface area contributed by atoms with Crippen molar-refractivity contribution in [1.82, 2.24) is 4.72 Å². The standard InChI is InChI=1S/C23H27FN2O4S/c1-15(22-13-16-2-3-17(22)12-16)26-31(28,29)21-10-6-19(7-11-21)25-23(27)14-30-20-8-4-18(24)5-9-20/h4-11,15-17,22,26H,2-3,12-14H2,1H3,(H,25,27). The van der Waals surface area contributed by atoms with Gasteiger partial charge in [-0.2, -0.15) is 0 Å². The number of hydrogen-bond donors (Lipinski definition) is 2. The molecule has 166 valence electrons. The van der Waals surface area contributed by atoms with Crippen LogP contribution in [-0.2, 0) is 14.8 Å². The highest BCUT2D eigenvalue weighted by Crippen LogP contribution is 2.49. The van der Waals surface area contributed by atoms with Gasteiger partial charge in [-0.25, -0.2) is 17.5 Å². The summed E-state index contributed by atoms with van der Waals surface area (Å²) < 4.78 is 46.6. The summed E-state index contributed by atoms with van der Waals surface area (Å²) in [7, 11) is -3.63. The molecular formula is C23H27FN2O4S. The van der Waals surface area contributed by atoms with E-state index in [-0.39, 0.29) is 23.4 Å². The second kappa shape index (κ2) is 8.96. The quantitative estimate of drug-likeness (QED) is 0.643. The van der Waals surface area contributed by atoms with E-state index in [1.54, 1.807) is 12.1 Å². The zero-order valence-electron chi connectivity index (χ0n) is 17.4. The first-order valence-electron chi connectivity index (χ1n) is 10.6. The minimum Gasteiger partial charge on any atom is -0.484 e. The van der Waals surface area contributed by atoms with Crippen LogP contribution in [0.2, 0.25) is 0 Å². The predicted octanol–water partition coefficient (Wildman–Crippen LogP) is 3.95. The average molecular weight is 447 g/mol. The minimum absolute atomic E-state index is 0.0942. The van der Waals surface area contributed by atoms with Gasteiger partial charge in [-0.1, -0.05) is 6.42 Å². The van der Waals surface area contributed by atoms with Gasteiger partial charge in [0.1, 0.15) is 11.6 Å². The van der Waals surface area contributed by atoms with E-state index in [4.69, 9.17) is 4.74 Å². The van der Waals surface area contributed by atoms with E-state index in [0.29, 0.717) is 23.3 Å². The molecule has 4 atom stereocenters. The molecule has 4 rings (SSSR count). The summed E-state index contributed by atoms with van der Waals surface area (Å²) in [5.74, 6) is 1.41. The number of ether oxygens (including phenoxy) is 1. The second-order valence-corrected chi connectivity index (χ2v) is 10.3. The largest absolute Gasteiger partial charge is 0.484 e. The number of benzene rings is 2. The van der Waals surface area contributed by atoms with Crippen molar-refractivity contribution in [1.29, 1.82) is 0 Å². The molecule has 0 saturated heterocycles. The van der Waals surface area contributed by atoms with Crippen LogP contribution < -0.4 is 14.8 Å². The van der Waals surface area contributed by atoms with Crippen LogP contribution in [0.5, 0.6) is 5.75 Å². The highest BCUT2D eigenvalue weighted by atomic mass is 32.2. The number of rotatable bonds is 8. The molecule has 0 spiro atoms. The lowest BCUT2D eigenvalue weighted by molar-refractivity contribution is -0.118. The summed E-state index contributed by atoms with van der Waals surface area (Å²) in [6.07, 6.45) is 4.83. The zero-order chi connectivity index (χ0) is 22.0. The van der Waals surface area contributed by atoms with Crippen molar-refractivity contribution in [3.05, 3.63) is 54.3 Å². The Labute approximate surface area is 182 Å². The number of hydrogen-bond acceptors (Lipinski definition) is 4. The average Bonchev–Trinajstić information content (AvgIpc) is 3.37. The van der Waals surface area contributed by atoms with E-state index in [9.17, 15) is 17.6 Å². The van der Waals surface area contributed by atoms with Gasteiger partial charge < -0.3 is 10.1 Å². The van der Waals surface area contributed by atoms with E-state index >= 15 is 0 Å². The van der Waals surface area contributed by atoms with E-state index < -0.39 is 15.9 Å². The van der Waals surface area contributed by atoms with Crippen molar-refractivity contribution in [2.75, 3.05) is 11.9 Å². The molecule has 0 heterocycles. The molecule has 1 amide bonds. The summed E-state index contributed by atoms with van der Waals surface area (Å²) in [4.78, 5) is 12.2. The lowest BCUT2D eigenvalue weighted by atomic mass is 9.84. The molecule has 2 saturated carbocycles. The smallest absolute Gasteiger partial charge is 0.262 e. The van der Waals surface area contributed by atoms with Gasteiger partial charge in [0.25, 0.3) is 5.91 Å². The van der Waals surface area contributed by atoms with E-state index in [2.05, 4.69) is 10.0 Å². The Morgan fingerprint density at radius 1 is 1.10 bits per heavy atom. The Bertz CT molecular complexity index is 1020. The number of nitrogens with one attached hydrogen (secondary N) is 2. The molecule has 2 aliphatic carbocycles. The van der Waals surface area contributed by atoms with Gasteiger partial charge in [-0.15, -0.1) is 0 Å². The number of sulfonamides is 1. The third-order valence-corrected chi connectivity index (χ3v) is 7.98. The van der Waals surface area contributed by atoms with Gasteiger partial charge in [-0.3, -0.25) is 4.79 Å². The zero-order valence-corrected chi connectivity index (χ0v) is 18.2. The molecule has 6 nitrogen and oxygen atoms in total. The molecule has 0 radical (unpaired) electrons. The van der Waals surface area contributed by atoms with Gasteiger partial charge in [0.15, 0.2) is 6.61 Å². The third kappa shape index (κ3) is 5.25. The Kier molecular flexibility index (Phi) is 6.29. The maximum absolute atomic E-state index is 12.9. The molecule has 2 aromatic rings. The predicted molar refractivity (Wildman–Crippen MR) is 116 cm³/mol. The van der Waals surface area contributed by atoms with Gasteiger partial charge >= 0.3 is 0 Å². The van der Waals surface area contributed by atoms with Crippen LogP contribution >= 0.6 is 0 Å². The lowest BCUT2D eigenvalue weighted by Crippen LogP contribution is -2.40. The highest BCUT2D eigenvalue weighted by molar-refractivity contribution is 7.89. The summed E-state index contributed by atoms with van der Waals surface area (Å²) in [5.41, 5.74) is 0.466. The molecule has 4 unspecified atom stereocenters. The molecular weight excluding hydrogens is 419 g/mol. The fourth-order valence-electron chi connectivity index (χ4n) is 4.90. The maximum atomic E-state index is 12.9. The molecule has 0 aliphatic heterocycles. The van der Waals surface area contributed by atoms with Crippen molar-refractivity contribution >= 4 is 21.6 Å². The van der Waals surface area contributed by atoms with Crippen molar-refractivity contribution in [2.45, 2.75) is 43.5 Å². The van der Waals surface area contributed by atoms with Crippen LogP contribution in [0, 0.1) is 23.6 Å². The number of anilines is 1. The fourth-order valence-corrected chi connectivity index (χ4v) is 6.20. The molecule has 2 bridgehead atoms. The summed E-state index contributed by atoms with van der Waals surface area (Å²) in [6, 6.07) is 11.3. The maximum Gasteiger partial charge on any atom is 0.262 e. The summed E-state index contributed by atoms with van der Waals surface area (Å²) in [5, 5.41) is 2.65. The Balaban J connectivity index is 1.30. The molecule has 0 aromatic heterocycles. The van der Waals surface area contributed by atoms with Gasteiger partial charge in [0.2, 0.25) is 10.0 Å². The van der Waals surface area contributed by atoms with Crippen molar-refractivity contribution < 1.29 is 22.3 Å². The molecule has 31 heavy (non-hydrogen) atoms. The van der Waals surface area contributed by atoms with Crippen molar-refractivity contribution in [2.24, 2.45) is 17.8 Å². The van der Waals surface area contributed by atoms with Crippen LogP contribution in [0.3, 0.4) is 0 Å². The Morgan fingerprint density at radius 3 is 2.42 bits per heavy atom. The SMILES string of the molecule is CC(NS(=O)(=O)c1ccc(NC(=O)COc2ccc(F)cc2)cc1)C1CC2CCC1C2. The first-order chi connectivity index (χ1) is 14.8. The first kappa shape index (κ1) is 21.8. The van der Waals surface area contributed by atoms with E-state index in [0.717, 1.165) is 12.3 Å². The fraction of sp³-hybridized carbons (Fsp3) is 0.435. The van der Waals surface area contributed by atoms with Crippen LogP contribution in [0.1, 0.15) is 32.6 Å². The van der Waals surface area contributed by atoms with Gasteiger partial charge in [-0.05, 0) is 92.5 Å². The third-order valence-electron chi connectivity index (χ3n) is 6.41. The summed E-state index contributed by atoms with van der Waals surface area (Å²) >= 11 is 0. The van der Waals surface area contributed by atoms with E-state index in [1.165, 1.54) is 55.7 Å². The Hall–Kier alpha value is -2.45. The van der Waals surface area contributed by atoms with Gasteiger partial charge in [0, 0.05) is 11.7 Å². The van der Waals surface area contributed by atoms with Crippen molar-refractivity contribution in [3.8, 4) is 5.75 Å². The molecule has 2 aromatic carbocycles. The van der Waals surface area contributed by atoms with Crippen LogP contribution in [-0.4, -0.2) is 27.0 Å². The minimum atomic E-state index is -3.63. The number of amides is 1. The van der Waals surface area contributed by atoms with E-state index in [1.807, 2.05) is 6.92 Å². The summed E-state index contributed by atoms with van der Waals surface area (Å²) in [6.45, 7) is 1.72. The lowest BCUT2D eigenvalue weighted by Gasteiger charge is -2.28. The molecule has 2 N–H and O–H groups in total. The molecule has 2 fully saturated rings. The normalized spacial score (nSPS) is 23.5. The molecule has 8 heteroatoms. The topological polar surface area (TPSA) is 84.5 Å².